The van der Waals surface area contributed by atoms with Crippen molar-refractivity contribution in [2.24, 2.45) is 0 Å². The fourth-order valence-electron chi connectivity index (χ4n) is 4.37. The molecule has 0 saturated heterocycles. The van der Waals surface area contributed by atoms with Crippen molar-refractivity contribution in [2.45, 2.75) is 39.4 Å². The average Bonchev–Trinajstić information content (AvgIpc) is 3.03. The van der Waals surface area contributed by atoms with Gasteiger partial charge in [0, 0.05) is 31.5 Å². The number of nitrogens with zero attached hydrogens (tertiary/aromatic N) is 2. The zero-order valence-corrected chi connectivity index (χ0v) is 16.5. The minimum Gasteiger partial charge on any atom is -0.497 e. The van der Waals surface area contributed by atoms with Gasteiger partial charge in [0.1, 0.15) is 5.75 Å². The van der Waals surface area contributed by atoms with Gasteiger partial charge in [0.05, 0.1) is 13.2 Å². The molecule has 4 rings (SSSR count). The number of methoxy groups -OCH3 is 1. The molecular formula is C24H28N2O. The van der Waals surface area contributed by atoms with E-state index in [0.717, 1.165) is 25.4 Å². The first-order valence-electron chi connectivity index (χ1n) is 9.74. The molecule has 0 amide bonds. The molecule has 0 saturated carbocycles. The SMILES string of the molecule is COc1ccc([C@H]2c3cccn3CCCN2Cc2cc(C)cc(C)c2)cc1. The number of fused-ring (bicyclic) bond motifs is 1. The minimum absolute atomic E-state index is 0.259. The van der Waals surface area contributed by atoms with E-state index in [9.17, 15) is 0 Å². The number of aromatic nitrogens is 1. The van der Waals surface area contributed by atoms with Crippen molar-refractivity contribution in [3.05, 3.63) is 88.7 Å². The largest absolute Gasteiger partial charge is 0.497 e. The van der Waals surface area contributed by atoms with Crippen LogP contribution in [0.15, 0.2) is 60.8 Å². The maximum atomic E-state index is 5.37. The minimum atomic E-state index is 0.259. The molecule has 3 nitrogen and oxygen atoms in total. The van der Waals surface area contributed by atoms with Crippen molar-refractivity contribution >= 4 is 0 Å². The summed E-state index contributed by atoms with van der Waals surface area (Å²) in [7, 11) is 1.72. The monoisotopic (exact) mass is 360 g/mol. The van der Waals surface area contributed by atoms with E-state index in [2.05, 4.69) is 84.1 Å². The highest BCUT2D eigenvalue weighted by Crippen LogP contribution is 2.34. The van der Waals surface area contributed by atoms with Crippen LogP contribution in [-0.4, -0.2) is 23.1 Å². The van der Waals surface area contributed by atoms with Gasteiger partial charge >= 0.3 is 0 Å². The van der Waals surface area contributed by atoms with E-state index in [0.29, 0.717) is 0 Å². The van der Waals surface area contributed by atoms with Crippen molar-refractivity contribution in [3.63, 3.8) is 0 Å². The van der Waals surface area contributed by atoms with Gasteiger partial charge in [-0.15, -0.1) is 0 Å². The van der Waals surface area contributed by atoms with Crippen LogP contribution in [0.25, 0.3) is 0 Å². The lowest BCUT2D eigenvalue weighted by molar-refractivity contribution is 0.220. The van der Waals surface area contributed by atoms with E-state index >= 15 is 0 Å². The molecule has 0 N–H and O–H groups in total. The third kappa shape index (κ3) is 3.79. The van der Waals surface area contributed by atoms with Gasteiger partial charge in [-0.05, 0) is 55.7 Å². The molecule has 0 spiro atoms. The summed E-state index contributed by atoms with van der Waals surface area (Å²) in [6.45, 7) is 7.50. The fourth-order valence-corrected chi connectivity index (χ4v) is 4.37. The Balaban J connectivity index is 1.73. The van der Waals surface area contributed by atoms with E-state index in [4.69, 9.17) is 4.74 Å². The van der Waals surface area contributed by atoms with Crippen LogP contribution in [0.2, 0.25) is 0 Å². The van der Waals surface area contributed by atoms with Gasteiger partial charge in [0.25, 0.3) is 0 Å². The molecule has 0 fully saturated rings. The van der Waals surface area contributed by atoms with Gasteiger partial charge in [0.15, 0.2) is 0 Å². The first kappa shape index (κ1) is 17.9. The Bertz CT molecular complexity index is 890. The van der Waals surface area contributed by atoms with E-state index in [-0.39, 0.29) is 6.04 Å². The molecule has 1 aliphatic rings. The van der Waals surface area contributed by atoms with Gasteiger partial charge in [-0.25, -0.2) is 0 Å². The Morgan fingerprint density at radius 2 is 1.70 bits per heavy atom. The van der Waals surface area contributed by atoms with Crippen LogP contribution in [0.4, 0.5) is 0 Å². The molecule has 0 aliphatic carbocycles. The van der Waals surface area contributed by atoms with Gasteiger partial charge in [-0.2, -0.15) is 0 Å². The van der Waals surface area contributed by atoms with Crippen LogP contribution in [0, 0.1) is 13.8 Å². The Labute approximate surface area is 162 Å². The lowest BCUT2D eigenvalue weighted by Crippen LogP contribution is -2.29. The molecule has 0 unspecified atom stereocenters. The molecule has 0 radical (unpaired) electrons. The normalized spacial score (nSPS) is 17.4. The molecule has 1 aromatic heterocycles. The lowest BCUT2D eigenvalue weighted by atomic mass is 10.00. The number of ether oxygens (including phenoxy) is 1. The van der Waals surface area contributed by atoms with Gasteiger partial charge in [-0.3, -0.25) is 4.90 Å². The molecule has 140 valence electrons. The molecule has 3 aromatic rings. The quantitative estimate of drug-likeness (QED) is 0.643. The third-order valence-electron chi connectivity index (χ3n) is 5.45. The highest BCUT2D eigenvalue weighted by atomic mass is 16.5. The molecule has 1 aliphatic heterocycles. The first-order valence-corrected chi connectivity index (χ1v) is 9.74. The number of rotatable bonds is 4. The summed E-state index contributed by atoms with van der Waals surface area (Å²) in [5.41, 5.74) is 6.77. The van der Waals surface area contributed by atoms with E-state index in [1.807, 2.05) is 0 Å². The summed E-state index contributed by atoms with van der Waals surface area (Å²) in [6.07, 6.45) is 3.38. The van der Waals surface area contributed by atoms with E-state index < -0.39 is 0 Å². The van der Waals surface area contributed by atoms with E-state index in [1.54, 1.807) is 7.11 Å². The van der Waals surface area contributed by atoms with Gasteiger partial charge in [0.2, 0.25) is 0 Å². The maximum absolute atomic E-state index is 5.37. The number of aryl methyl sites for hydroxylation is 3. The molecule has 1 atom stereocenters. The second-order valence-corrected chi connectivity index (χ2v) is 7.62. The van der Waals surface area contributed by atoms with Gasteiger partial charge < -0.3 is 9.30 Å². The predicted molar refractivity (Wildman–Crippen MR) is 110 cm³/mol. The first-order chi connectivity index (χ1) is 13.1. The maximum Gasteiger partial charge on any atom is 0.118 e. The Kier molecular flexibility index (Phi) is 5.04. The van der Waals surface area contributed by atoms with Crippen LogP contribution in [0.1, 0.15) is 40.4 Å². The van der Waals surface area contributed by atoms with Crippen molar-refractivity contribution in [1.29, 1.82) is 0 Å². The number of benzene rings is 2. The van der Waals surface area contributed by atoms with E-state index in [1.165, 1.54) is 34.4 Å². The van der Waals surface area contributed by atoms with Crippen molar-refractivity contribution in [3.8, 4) is 5.75 Å². The highest BCUT2D eigenvalue weighted by molar-refractivity contribution is 5.35. The molecule has 3 heteroatoms. The summed E-state index contributed by atoms with van der Waals surface area (Å²) < 4.78 is 7.78. The van der Waals surface area contributed by atoms with Crippen molar-refractivity contribution in [2.75, 3.05) is 13.7 Å². The Hall–Kier alpha value is -2.52. The summed E-state index contributed by atoms with van der Waals surface area (Å²) in [4.78, 5) is 2.62. The van der Waals surface area contributed by atoms with Gasteiger partial charge in [-0.1, -0.05) is 41.5 Å². The molecule has 27 heavy (non-hydrogen) atoms. The summed E-state index contributed by atoms with van der Waals surface area (Å²) in [5.74, 6) is 0.906. The van der Waals surface area contributed by atoms with Crippen LogP contribution < -0.4 is 4.74 Å². The molecule has 2 aromatic carbocycles. The van der Waals surface area contributed by atoms with Crippen LogP contribution in [0.5, 0.6) is 5.75 Å². The Morgan fingerprint density at radius 1 is 0.963 bits per heavy atom. The smallest absolute Gasteiger partial charge is 0.118 e. The predicted octanol–water partition coefficient (Wildman–Crippen LogP) is 5.11. The molecule has 2 heterocycles. The van der Waals surface area contributed by atoms with Crippen LogP contribution in [-0.2, 0) is 13.1 Å². The van der Waals surface area contributed by atoms with Crippen molar-refractivity contribution in [1.82, 2.24) is 9.47 Å². The number of hydrogen-bond donors (Lipinski definition) is 0. The summed E-state index contributed by atoms with van der Waals surface area (Å²) in [5, 5.41) is 0. The number of hydrogen-bond acceptors (Lipinski definition) is 2. The summed E-state index contributed by atoms with van der Waals surface area (Å²) >= 11 is 0. The highest BCUT2D eigenvalue weighted by Gasteiger charge is 2.27. The Morgan fingerprint density at radius 3 is 2.41 bits per heavy atom. The average molecular weight is 361 g/mol. The second kappa shape index (κ2) is 7.61. The van der Waals surface area contributed by atoms with Crippen LogP contribution in [0.3, 0.4) is 0 Å². The lowest BCUT2D eigenvalue weighted by Gasteiger charge is -2.31. The molecular weight excluding hydrogens is 332 g/mol. The van der Waals surface area contributed by atoms with Crippen molar-refractivity contribution < 1.29 is 4.74 Å². The second-order valence-electron chi connectivity index (χ2n) is 7.62. The fraction of sp³-hybridized carbons (Fsp3) is 0.333. The zero-order valence-electron chi connectivity index (χ0n) is 16.5. The standard InChI is InChI=1S/C24H28N2O/c1-18-14-19(2)16-20(15-18)17-26-13-5-12-25-11-4-6-23(25)24(26)21-7-9-22(27-3)10-8-21/h4,6-11,14-16,24H,5,12-13,17H2,1-3H3/t24-/m0/s1. The zero-order chi connectivity index (χ0) is 18.8. The summed E-state index contributed by atoms with van der Waals surface area (Å²) in [6, 6.07) is 20.2. The van der Waals surface area contributed by atoms with Crippen LogP contribution >= 0.6 is 0 Å². The topological polar surface area (TPSA) is 17.4 Å². The third-order valence-corrected chi connectivity index (χ3v) is 5.45. The molecule has 0 bridgehead atoms.